The van der Waals surface area contributed by atoms with E-state index in [1.165, 1.54) is 0 Å². The molecule has 29 heavy (non-hydrogen) atoms. The molecule has 0 fully saturated rings. The van der Waals surface area contributed by atoms with Crippen LogP contribution in [0.4, 0.5) is 11.6 Å². The summed E-state index contributed by atoms with van der Waals surface area (Å²) in [7, 11) is 0. The third kappa shape index (κ3) is 4.59. The van der Waals surface area contributed by atoms with E-state index < -0.39 is 0 Å². The lowest BCUT2D eigenvalue weighted by Crippen LogP contribution is -2.27. The number of benzene rings is 2. The van der Waals surface area contributed by atoms with Crippen LogP contribution in [0.5, 0.6) is 11.6 Å². The summed E-state index contributed by atoms with van der Waals surface area (Å²) in [6.45, 7) is 1.04. The van der Waals surface area contributed by atoms with Gasteiger partial charge in [-0.2, -0.15) is 0 Å². The van der Waals surface area contributed by atoms with Crippen LogP contribution in [0.2, 0.25) is 5.02 Å². The lowest BCUT2D eigenvalue weighted by atomic mass is 10.2. The van der Waals surface area contributed by atoms with E-state index in [1.54, 1.807) is 18.3 Å². The molecule has 0 amide bonds. The lowest BCUT2D eigenvalue weighted by molar-refractivity contribution is 0.301. The first-order chi connectivity index (χ1) is 14.1. The summed E-state index contributed by atoms with van der Waals surface area (Å²) in [5.41, 5.74) is 9.26. The number of imidazole rings is 1. The number of H-pyrrole nitrogens is 1. The highest BCUT2D eigenvalue weighted by atomic mass is 35.5. The molecule has 0 saturated heterocycles. The van der Waals surface area contributed by atoms with Crippen LogP contribution in [-0.2, 0) is 6.54 Å². The van der Waals surface area contributed by atoms with Gasteiger partial charge in [-0.15, -0.1) is 0 Å². The number of fused-ring (bicyclic) bond motifs is 1. The Hall–Kier alpha value is -3.29. The zero-order valence-electron chi connectivity index (χ0n) is 15.5. The van der Waals surface area contributed by atoms with E-state index in [1.807, 2.05) is 47.4 Å². The van der Waals surface area contributed by atoms with Crippen molar-refractivity contribution < 1.29 is 9.84 Å². The second-order valence-corrected chi connectivity index (χ2v) is 6.98. The summed E-state index contributed by atoms with van der Waals surface area (Å²) in [5.74, 6) is 1.84. The maximum atomic E-state index is 9.48. The number of aromatic amines is 1. The van der Waals surface area contributed by atoms with Crippen molar-refractivity contribution in [3.05, 3.63) is 71.4 Å². The van der Waals surface area contributed by atoms with Gasteiger partial charge in [0.15, 0.2) is 0 Å². The molecule has 2 heterocycles. The number of nitrogens with one attached hydrogen (secondary N) is 1. The highest BCUT2D eigenvalue weighted by Gasteiger charge is 2.12. The summed E-state index contributed by atoms with van der Waals surface area (Å²) < 4.78 is 5.72. The van der Waals surface area contributed by atoms with Gasteiger partial charge in [0.1, 0.15) is 5.75 Å². The number of aliphatic hydroxyl groups is 1. The molecule has 4 rings (SSSR count). The second kappa shape index (κ2) is 8.38. The molecule has 0 radical (unpaired) electrons. The first-order valence-corrected chi connectivity index (χ1v) is 9.48. The summed E-state index contributed by atoms with van der Waals surface area (Å²) in [4.78, 5) is 14.0. The van der Waals surface area contributed by atoms with E-state index in [0.717, 1.165) is 16.6 Å². The van der Waals surface area contributed by atoms with Crippen molar-refractivity contribution in [2.24, 2.45) is 0 Å². The van der Waals surface area contributed by atoms with Crippen molar-refractivity contribution in [3.63, 3.8) is 0 Å². The van der Waals surface area contributed by atoms with Crippen LogP contribution in [0.3, 0.4) is 0 Å². The van der Waals surface area contributed by atoms with Crippen molar-refractivity contribution in [2.75, 3.05) is 23.8 Å². The molecule has 0 aliphatic heterocycles. The number of pyridine rings is 1. The van der Waals surface area contributed by atoms with Crippen molar-refractivity contribution >= 4 is 34.3 Å². The Morgan fingerprint density at radius 2 is 1.93 bits per heavy atom. The Bertz CT molecular complexity index is 1100. The fraction of sp³-hybridized carbons (Fsp3) is 0.143. The van der Waals surface area contributed by atoms with E-state index in [4.69, 9.17) is 22.1 Å². The normalized spacial score (nSPS) is 11.0. The summed E-state index contributed by atoms with van der Waals surface area (Å²) in [6, 6.07) is 16.7. The van der Waals surface area contributed by atoms with Gasteiger partial charge in [-0.3, -0.25) is 0 Å². The molecule has 0 bridgehead atoms. The molecular weight excluding hydrogens is 390 g/mol. The van der Waals surface area contributed by atoms with Gasteiger partial charge in [-0.1, -0.05) is 23.7 Å². The van der Waals surface area contributed by atoms with E-state index in [9.17, 15) is 5.11 Å². The molecule has 0 atom stereocenters. The number of anilines is 2. The second-order valence-electron chi connectivity index (χ2n) is 6.54. The van der Waals surface area contributed by atoms with Crippen molar-refractivity contribution in [3.8, 4) is 11.6 Å². The van der Waals surface area contributed by atoms with Gasteiger partial charge >= 0.3 is 0 Å². The molecule has 4 aromatic rings. The minimum Gasteiger partial charge on any atom is -0.439 e. The summed E-state index contributed by atoms with van der Waals surface area (Å²) in [6.07, 6.45) is 1.54. The van der Waals surface area contributed by atoms with Gasteiger partial charge in [-0.05, 0) is 42.0 Å². The number of aromatic nitrogens is 3. The highest BCUT2D eigenvalue weighted by molar-refractivity contribution is 6.30. The molecule has 2 aromatic heterocycles. The number of nitrogen functional groups attached to an aromatic ring is 1. The van der Waals surface area contributed by atoms with E-state index in [0.29, 0.717) is 41.4 Å². The fourth-order valence-electron chi connectivity index (χ4n) is 2.97. The van der Waals surface area contributed by atoms with Gasteiger partial charge in [0.05, 0.1) is 22.7 Å². The fourth-order valence-corrected chi connectivity index (χ4v) is 3.08. The van der Waals surface area contributed by atoms with Crippen LogP contribution in [0.1, 0.15) is 5.56 Å². The summed E-state index contributed by atoms with van der Waals surface area (Å²) >= 11 is 5.84. The number of rotatable bonds is 7. The minimum atomic E-state index is 0.0165. The molecule has 0 unspecified atom stereocenters. The molecule has 0 aliphatic rings. The number of nitrogens with two attached hydrogens (primary N) is 1. The molecule has 7 nitrogen and oxygen atoms in total. The van der Waals surface area contributed by atoms with Crippen LogP contribution in [0.15, 0.2) is 60.8 Å². The van der Waals surface area contributed by atoms with E-state index in [-0.39, 0.29) is 6.61 Å². The van der Waals surface area contributed by atoms with Crippen LogP contribution >= 0.6 is 11.6 Å². The standard InChI is InChI=1S/C21H20ClN5O2/c22-15-3-8-20(24-12-15)29-17-5-1-14(2-6-17)13-27(9-10-28)21-25-18-7-4-16(23)11-19(18)26-21/h1-8,11-12,28H,9-10,13,23H2,(H,25,26). The van der Waals surface area contributed by atoms with E-state index >= 15 is 0 Å². The molecule has 0 aliphatic carbocycles. The number of ether oxygens (including phenoxy) is 1. The number of nitrogens with zero attached hydrogens (tertiary/aromatic N) is 3. The van der Waals surface area contributed by atoms with Crippen LogP contribution in [-0.4, -0.2) is 33.2 Å². The number of hydrogen-bond acceptors (Lipinski definition) is 6. The average molecular weight is 410 g/mol. The van der Waals surface area contributed by atoms with Crippen molar-refractivity contribution in [2.45, 2.75) is 6.54 Å². The van der Waals surface area contributed by atoms with Gasteiger partial charge < -0.3 is 25.5 Å². The molecular formula is C21H20ClN5O2. The number of halogens is 1. The molecule has 4 N–H and O–H groups in total. The smallest absolute Gasteiger partial charge is 0.219 e. The monoisotopic (exact) mass is 409 g/mol. The Morgan fingerprint density at radius 3 is 2.66 bits per heavy atom. The Morgan fingerprint density at radius 1 is 1.10 bits per heavy atom. The van der Waals surface area contributed by atoms with Gasteiger partial charge in [0.2, 0.25) is 11.8 Å². The maximum Gasteiger partial charge on any atom is 0.219 e. The first kappa shape index (κ1) is 19.0. The number of hydrogen-bond donors (Lipinski definition) is 3. The third-order valence-corrected chi connectivity index (χ3v) is 4.61. The van der Waals surface area contributed by atoms with Crippen molar-refractivity contribution in [1.29, 1.82) is 0 Å². The van der Waals surface area contributed by atoms with Gasteiger partial charge in [0.25, 0.3) is 0 Å². The largest absolute Gasteiger partial charge is 0.439 e. The molecule has 0 saturated carbocycles. The Kier molecular flexibility index (Phi) is 5.50. The van der Waals surface area contributed by atoms with Gasteiger partial charge in [0, 0.05) is 31.0 Å². The van der Waals surface area contributed by atoms with Crippen LogP contribution in [0.25, 0.3) is 11.0 Å². The summed E-state index contributed by atoms with van der Waals surface area (Å²) in [5, 5.41) is 10.0. The lowest BCUT2D eigenvalue weighted by Gasteiger charge is -2.21. The Balaban J connectivity index is 1.49. The number of aliphatic hydroxyl groups excluding tert-OH is 1. The molecule has 8 heteroatoms. The zero-order chi connectivity index (χ0) is 20.2. The highest BCUT2D eigenvalue weighted by Crippen LogP contribution is 2.23. The maximum absolute atomic E-state index is 9.48. The predicted octanol–water partition coefficient (Wildman–Crippen LogP) is 3.98. The molecule has 148 valence electrons. The van der Waals surface area contributed by atoms with E-state index in [2.05, 4.69) is 15.0 Å². The Labute approximate surface area is 172 Å². The average Bonchev–Trinajstić information content (AvgIpc) is 3.14. The van der Waals surface area contributed by atoms with Gasteiger partial charge in [-0.25, -0.2) is 9.97 Å². The predicted molar refractivity (Wildman–Crippen MR) is 114 cm³/mol. The quantitative estimate of drug-likeness (QED) is 0.399. The van der Waals surface area contributed by atoms with Crippen LogP contribution in [0, 0.1) is 0 Å². The molecule has 2 aromatic carbocycles. The third-order valence-electron chi connectivity index (χ3n) is 4.38. The minimum absolute atomic E-state index is 0.0165. The topological polar surface area (TPSA) is 100 Å². The van der Waals surface area contributed by atoms with Crippen molar-refractivity contribution in [1.82, 2.24) is 15.0 Å². The first-order valence-electron chi connectivity index (χ1n) is 9.10. The van der Waals surface area contributed by atoms with Crippen LogP contribution < -0.4 is 15.4 Å². The zero-order valence-corrected chi connectivity index (χ0v) is 16.3. The SMILES string of the molecule is Nc1ccc2nc(N(CCO)Cc3ccc(Oc4ccc(Cl)cn4)cc3)[nH]c2c1. The molecule has 0 spiro atoms.